The van der Waals surface area contributed by atoms with Gasteiger partial charge < -0.3 is 5.32 Å². The number of hydrogen-bond acceptors (Lipinski definition) is 2. The van der Waals surface area contributed by atoms with Crippen LogP contribution in [0.2, 0.25) is 0 Å². The van der Waals surface area contributed by atoms with Gasteiger partial charge >= 0.3 is 0 Å². The highest BCUT2D eigenvalue weighted by Gasteiger charge is 2.04. The van der Waals surface area contributed by atoms with Crippen LogP contribution in [0.1, 0.15) is 13.8 Å². The van der Waals surface area contributed by atoms with Crippen molar-refractivity contribution in [2.24, 2.45) is 10.8 Å². The summed E-state index contributed by atoms with van der Waals surface area (Å²) < 4.78 is 13.6. The second-order valence-electron chi connectivity index (χ2n) is 3.46. The van der Waals surface area contributed by atoms with E-state index in [1.165, 1.54) is 12.1 Å². The first-order valence-corrected chi connectivity index (χ1v) is 5.87. The van der Waals surface area contributed by atoms with Crippen molar-refractivity contribution in [2.45, 2.75) is 19.9 Å². The molecule has 0 bridgehead atoms. The lowest BCUT2D eigenvalue weighted by molar-refractivity contribution is 0.627. The number of halogens is 2. The number of guanidine groups is 1. The van der Waals surface area contributed by atoms with E-state index >= 15 is 0 Å². The van der Waals surface area contributed by atoms with Crippen LogP contribution in [-0.2, 0) is 0 Å². The van der Waals surface area contributed by atoms with Crippen LogP contribution in [0.3, 0.4) is 0 Å². The molecule has 0 aliphatic rings. The number of hydrazine groups is 1. The SMILES string of the molecule is CC(C)N=C(NN)Nc1ccc(F)cc1I. The van der Waals surface area contributed by atoms with E-state index in [1.807, 2.05) is 36.4 Å². The first-order chi connectivity index (χ1) is 7.52. The minimum Gasteiger partial charge on any atom is -0.324 e. The number of aliphatic imine (C=N–C) groups is 1. The molecule has 1 rings (SSSR count). The summed E-state index contributed by atoms with van der Waals surface area (Å²) in [6, 6.07) is 4.58. The summed E-state index contributed by atoms with van der Waals surface area (Å²) in [6.45, 7) is 3.88. The van der Waals surface area contributed by atoms with Gasteiger partial charge in [0, 0.05) is 9.61 Å². The van der Waals surface area contributed by atoms with Crippen LogP contribution < -0.4 is 16.6 Å². The summed E-state index contributed by atoms with van der Waals surface area (Å²) in [6.07, 6.45) is 0. The van der Waals surface area contributed by atoms with Gasteiger partial charge in [0.15, 0.2) is 0 Å². The van der Waals surface area contributed by atoms with Gasteiger partial charge in [-0.15, -0.1) is 0 Å². The van der Waals surface area contributed by atoms with Gasteiger partial charge in [-0.25, -0.2) is 15.2 Å². The van der Waals surface area contributed by atoms with Crippen molar-refractivity contribution in [3.05, 3.63) is 27.6 Å². The molecule has 1 aromatic rings. The Morgan fingerprint density at radius 1 is 1.50 bits per heavy atom. The predicted octanol–water partition coefficient (Wildman–Crippen LogP) is 2.07. The number of benzene rings is 1. The highest BCUT2D eigenvalue weighted by Crippen LogP contribution is 2.18. The molecule has 0 amide bonds. The largest absolute Gasteiger partial charge is 0.324 e. The fraction of sp³-hybridized carbons (Fsp3) is 0.300. The molecular formula is C10H14FIN4. The normalized spacial score (nSPS) is 11.8. The van der Waals surface area contributed by atoms with Crippen LogP contribution in [0.4, 0.5) is 10.1 Å². The molecule has 0 saturated carbocycles. The van der Waals surface area contributed by atoms with Crippen molar-refractivity contribution in [1.82, 2.24) is 5.43 Å². The molecule has 0 saturated heterocycles. The average molecular weight is 336 g/mol. The van der Waals surface area contributed by atoms with Crippen LogP contribution in [0.5, 0.6) is 0 Å². The van der Waals surface area contributed by atoms with E-state index in [0.717, 1.165) is 9.26 Å². The third-order valence-electron chi connectivity index (χ3n) is 1.71. The summed E-state index contributed by atoms with van der Waals surface area (Å²) in [5.41, 5.74) is 3.23. The summed E-state index contributed by atoms with van der Waals surface area (Å²) in [7, 11) is 0. The Labute approximate surface area is 108 Å². The van der Waals surface area contributed by atoms with Gasteiger partial charge in [-0.1, -0.05) is 0 Å². The molecule has 0 aromatic heterocycles. The van der Waals surface area contributed by atoms with Crippen molar-refractivity contribution >= 4 is 34.2 Å². The first-order valence-electron chi connectivity index (χ1n) is 4.79. The predicted molar refractivity (Wildman–Crippen MR) is 72.6 cm³/mol. The Morgan fingerprint density at radius 3 is 2.69 bits per heavy atom. The lowest BCUT2D eigenvalue weighted by Gasteiger charge is -2.11. The van der Waals surface area contributed by atoms with E-state index in [4.69, 9.17) is 5.84 Å². The molecule has 0 aliphatic heterocycles. The molecule has 88 valence electrons. The average Bonchev–Trinajstić information content (AvgIpc) is 2.20. The van der Waals surface area contributed by atoms with Gasteiger partial charge in [0.25, 0.3) is 0 Å². The van der Waals surface area contributed by atoms with E-state index in [9.17, 15) is 4.39 Å². The number of nitrogens with two attached hydrogens (primary N) is 1. The van der Waals surface area contributed by atoms with Gasteiger partial charge in [-0.3, -0.25) is 5.43 Å². The van der Waals surface area contributed by atoms with Crippen molar-refractivity contribution < 1.29 is 4.39 Å². The van der Waals surface area contributed by atoms with Crippen LogP contribution in [0.15, 0.2) is 23.2 Å². The summed E-state index contributed by atoms with van der Waals surface area (Å²) in [5.74, 6) is 5.52. The van der Waals surface area contributed by atoms with Crippen molar-refractivity contribution in [3.63, 3.8) is 0 Å². The standard InChI is InChI=1S/C10H14FIN4/c1-6(2)14-10(16-13)15-9-4-3-7(11)5-8(9)12/h3-6H,13H2,1-2H3,(H2,14,15,16). The van der Waals surface area contributed by atoms with Gasteiger partial charge in [-0.05, 0) is 54.6 Å². The Balaban J connectivity index is 2.86. The molecule has 4 nitrogen and oxygen atoms in total. The summed E-state index contributed by atoms with van der Waals surface area (Å²) >= 11 is 2.04. The summed E-state index contributed by atoms with van der Waals surface area (Å²) in [5, 5.41) is 3.00. The van der Waals surface area contributed by atoms with Crippen LogP contribution >= 0.6 is 22.6 Å². The second-order valence-corrected chi connectivity index (χ2v) is 4.63. The molecule has 0 atom stereocenters. The fourth-order valence-electron chi connectivity index (χ4n) is 1.08. The van der Waals surface area contributed by atoms with Gasteiger partial charge in [0.05, 0.1) is 5.69 Å². The Kier molecular flexibility index (Phi) is 4.94. The molecule has 0 aliphatic carbocycles. The summed E-state index contributed by atoms with van der Waals surface area (Å²) in [4.78, 5) is 4.23. The van der Waals surface area contributed by atoms with Crippen LogP contribution in [0, 0.1) is 9.39 Å². The number of hydrogen-bond donors (Lipinski definition) is 3. The lowest BCUT2D eigenvalue weighted by atomic mass is 10.3. The van der Waals surface area contributed by atoms with E-state index < -0.39 is 0 Å². The van der Waals surface area contributed by atoms with E-state index in [-0.39, 0.29) is 11.9 Å². The molecule has 16 heavy (non-hydrogen) atoms. The zero-order valence-corrected chi connectivity index (χ0v) is 11.2. The number of rotatable bonds is 2. The van der Waals surface area contributed by atoms with Crippen LogP contribution in [0.25, 0.3) is 0 Å². The smallest absolute Gasteiger partial charge is 0.210 e. The molecule has 0 heterocycles. The monoisotopic (exact) mass is 336 g/mol. The van der Waals surface area contributed by atoms with E-state index in [0.29, 0.717) is 5.96 Å². The first kappa shape index (κ1) is 13.2. The molecule has 1 aromatic carbocycles. The highest BCUT2D eigenvalue weighted by atomic mass is 127. The van der Waals surface area contributed by atoms with Gasteiger partial charge in [0.2, 0.25) is 5.96 Å². The molecule has 0 unspecified atom stereocenters. The topological polar surface area (TPSA) is 62.4 Å². The van der Waals surface area contributed by atoms with Crippen molar-refractivity contribution in [3.8, 4) is 0 Å². The molecule has 0 spiro atoms. The Hall–Kier alpha value is -0.890. The molecule has 4 N–H and O–H groups in total. The zero-order valence-electron chi connectivity index (χ0n) is 9.09. The van der Waals surface area contributed by atoms with Crippen molar-refractivity contribution in [1.29, 1.82) is 0 Å². The number of nitrogens with zero attached hydrogens (tertiary/aromatic N) is 1. The molecule has 0 radical (unpaired) electrons. The lowest BCUT2D eigenvalue weighted by Crippen LogP contribution is -2.37. The molecule has 0 fully saturated rings. The minimum atomic E-state index is -0.266. The zero-order chi connectivity index (χ0) is 12.1. The Bertz CT molecular complexity index is 392. The van der Waals surface area contributed by atoms with Crippen LogP contribution in [-0.4, -0.2) is 12.0 Å². The van der Waals surface area contributed by atoms with Gasteiger partial charge in [-0.2, -0.15) is 0 Å². The molecule has 6 heteroatoms. The maximum absolute atomic E-state index is 12.9. The quantitative estimate of drug-likeness (QED) is 0.255. The van der Waals surface area contributed by atoms with Gasteiger partial charge in [0.1, 0.15) is 5.82 Å². The maximum atomic E-state index is 12.9. The third kappa shape index (κ3) is 3.93. The Morgan fingerprint density at radius 2 is 2.19 bits per heavy atom. The maximum Gasteiger partial charge on any atom is 0.210 e. The third-order valence-corrected chi connectivity index (χ3v) is 2.60. The second kappa shape index (κ2) is 6.00. The highest BCUT2D eigenvalue weighted by molar-refractivity contribution is 14.1. The van der Waals surface area contributed by atoms with Crippen molar-refractivity contribution in [2.75, 3.05) is 5.32 Å². The number of nitrogens with one attached hydrogen (secondary N) is 2. The van der Waals surface area contributed by atoms with E-state index in [2.05, 4.69) is 15.7 Å². The van der Waals surface area contributed by atoms with E-state index in [1.54, 1.807) is 6.07 Å². The minimum absolute atomic E-state index is 0.122. The number of anilines is 1. The molecular weight excluding hydrogens is 322 g/mol. The fourth-order valence-corrected chi connectivity index (χ4v) is 1.69.